The summed E-state index contributed by atoms with van der Waals surface area (Å²) in [4.78, 5) is 24.5. The number of sulfonamides is 1. The van der Waals surface area contributed by atoms with Crippen molar-refractivity contribution in [3.63, 3.8) is 0 Å². The lowest BCUT2D eigenvalue weighted by Gasteiger charge is -2.21. The number of aryl methyl sites for hydroxylation is 3. The monoisotopic (exact) mass is 541 g/mol. The van der Waals surface area contributed by atoms with Crippen molar-refractivity contribution in [3.8, 4) is 5.75 Å². The number of carbonyl (C=O) groups is 2. The quantitative estimate of drug-likeness (QED) is 0.249. The number of methoxy groups -OCH3 is 1. The minimum Gasteiger partial charge on any atom is -0.426 e. The Labute approximate surface area is 211 Å². The van der Waals surface area contributed by atoms with Gasteiger partial charge in [-0.05, 0) is 50.3 Å². The number of hydrogen-bond acceptors (Lipinski definition) is 9. The summed E-state index contributed by atoms with van der Waals surface area (Å²) in [7, 11) is -3.02. The van der Waals surface area contributed by atoms with E-state index < -0.39 is 28.6 Å². The molecule has 1 aromatic carbocycles. The van der Waals surface area contributed by atoms with Crippen LogP contribution in [-0.2, 0) is 19.6 Å². The SMILES string of the molecule is COCN(c1onc(C)c1Cl)S(=O)(=O)c1ccsc1C(=O)Nc1c(C)cc(C)c(OC(C)=O)c1C. The van der Waals surface area contributed by atoms with Crippen LogP contribution in [0.5, 0.6) is 5.75 Å². The summed E-state index contributed by atoms with van der Waals surface area (Å²) in [5, 5.41) is 7.96. The molecule has 1 N–H and O–H groups in total. The summed E-state index contributed by atoms with van der Waals surface area (Å²) in [6, 6.07) is 3.08. The fraction of sp³-hybridized carbons (Fsp3) is 0.318. The first kappa shape index (κ1) is 26.7. The van der Waals surface area contributed by atoms with Crippen molar-refractivity contribution in [2.24, 2.45) is 0 Å². The molecule has 0 saturated heterocycles. The Bertz CT molecular complexity index is 1400. The minimum atomic E-state index is -4.33. The third kappa shape index (κ3) is 5.20. The van der Waals surface area contributed by atoms with E-state index in [1.54, 1.807) is 33.8 Å². The minimum absolute atomic E-state index is 0.00996. The third-order valence-corrected chi connectivity index (χ3v) is 8.26. The second-order valence-corrected chi connectivity index (χ2v) is 10.8. The van der Waals surface area contributed by atoms with Crippen molar-refractivity contribution in [2.75, 3.05) is 23.5 Å². The normalized spacial score (nSPS) is 11.4. The number of halogens is 1. The van der Waals surface area contributed by atoms with E-state index in [1.165, 1.54) is 25.5 Å². The number of hydrogen-bond donors (Lipinski definition) is 1. The molecule has 0 bridgehead atoms. The van der Waals surface area contributed by atoms with E-state index in [0.29, 0.717) is 22.7 Å². The number of nitrogens with one attached hydrogen (secondary N) is 1. The fourth-order valence-corrected chi connectivity index (χ4v) is 6.31. The molecule has 188 valence electrons. The molecule has 2 aromatic heterocycles. The molecule has 0 atom stereocenters. The van der Waals surface area contributed by atoms with Crippen LogP contribution in [0, 0.1) is 27.7 Å². The van der Waals surface area contributed by atoms with Gasteiger partial charge >= 0.3 is 5.97 Å². The zero-order valence-electron chi connectivity index (χ0n) is 19.9. The zero-order valence-corrected chi connectivity index (χ0v) is 22.3. The smallest absolute Gasteiger partial charge is 0.308 e. The summed E-state index contributed by atoms with van der Waals surface area (Å²) < 4.78 is 43.4. The van der Waals surface area contributed by atoms with Gasteiger partial charge in [-0.25, -0.2) is 12.7 Å². The molecule has 0 radical (unpaired) electrons. The molecule has 35 heavy (non-hydrogen) atoms. The maximum Gasteiger partial charge on any atom is 0.308 e. The summed E-state index contributed by atoms with van der Waals surface area (Å²) in [6.45, 7) is 7.70. The van der Waals surface area contributed by atoms with E-state index in [0.717, 1.165) is 26.8 Å². The number of carbonyl (C=O) groups excluding carboxylic acids is 2. The first-order chi connectivity index (χ1) is 16.4. The summed E-state index contributed by atoms with van der Waals surface area (Å²) >= 11 is 7.13. The van der Waals surface area contributed by atoms with Crippen LogP contribution in [0.3, 0.4) is 0 Å². The topological polar surface area (TPSA) is 128 Å². The van der Waals surface area contributed by atoms with Crippen LogP contribution in [0.15, 0.2) is 26.9 Å². The van der Waals surface area contributed by atoms with Crippen molar-refractivity contribution in [1.82, 2.24) is 5.16 Å². The predicted molar refractivity (Wildman–Crippen MR) is 132 cm³/mol. The molecule has 10 nitrogen and oxygen atoms in total. The number of amides is 1. The predicted octanol–water partition coefficient (Wildman–Crippen LogP) is 4.60. The number of thiophene rings is 1. The van der Waals surface area contributed by atoms with E-state index in [1.807, 2.05) is 0 Å². The zero-order chi connectivity index (χ0) is 26.1. The molecule has 0 spiro atoms. The van der Waals surface area contributed by atoms with Gasteiger partial charge in [0.05, 0.1) is 5.69 Å². The highest BCUT2D eigenvalue weighted by Gasteiger charge is 2.35. The van der Waals surface area contributed by atoms with Gasteiger partial charge in [-0.1, -0.05) is 22.8 Å². The number of ether oxygens (including phenoxy) is 2. The highest BCUT2D eigenvalue weighted by molar-refractivity contribution is 7.93. The maximum absolute atomic E-state index is 13.5. The molecular formula is C22H24ClN3O7S2. The van der Waals surface area contributed by atoms with Gasteiger partial charge in [0, 0.05) is 19.6 Å². The van der Waals surface area contributed by atoms with Crippen LogP contribution >= 0.6 is 22.9 Å². The van der Waals surface area contributed by atoms with Gasteiger partial charge in [0.2, 0.25) is 0 Å². The van der Waals surface area contributed by atoms with E-state index >= 15 is 0 Å². The van der Waals surface area contributed by atoms with Gasteiger partial charge in [0.25, 0.3) is 21.8 Å². The van der Waals surface area contributed by atoms with E-state index in [-0.39, 0.29) is 20.7 Å². The van der Waals surface area contributed by atoms with E-state index in [4.69, 9.17) is 25.6 Å². The Hall–Kier alpha value is -2.93. The Kier molecular flexibility index (Phi) is 7.90. The summed E-state index contributed by atoms with van der Waals surface area (Å²) in [5.74, 6) is -1.04. The fourth-order valence-electron chi connectivity index (χ4n) is 3.47. The molecule has 3 rings (SSSR count). The number of anilines is 2. The van der Waals surface area contributed by atoms with Crippen molar-refractivity contribution >= 4 is 56.4 Å². The van der Waals surface area contributed by atoms with Crippen LogP contribution in [0.2, 0.25) is 5.02 Å². The third-order valence-electron chi connectivity index (χ3n) is 5.04. The Balaban J connectivity index is 2.02. The molecule has 0 aliphatic heterocycles. The van der Waals surface area contributed by atoms with Crippen LogP contribution in [0.4, 0.5) is 11.6 Å². The molecule has 0 fully saturated rings. The number of nitrogens with zero attached hydrogens (tertiary/aromatic N) is 2. The van der Waals surface area contributed by atoms with E-state index in [9.17, 15) is 18.0 Å². The molecule has 0 aliphatic rings. The summed E-state index contributed by atoms with van der Waals surface area (Å²) in [5.41, 5.74) is 2.69. The van der Waals surface area contributed by atoms with Crippen molar-refractivity contribution in [1.29, 1.82) is 0 Å². The molecule has 2 heterocycles. The van der Waals surface area contributed by atoms with Crippen molar-refractivity contribution in [3.05, 3.63) is 49.8 Å². The average Bonchev–Trinajstić information content (AvgIpc) is 3.40. The molecule has 0 unspecified atom stereocenters. The Morgan fingerprint density at radius 2 is 1.91 bits per heavy atom. The lowest BCUT2D eigenvalue weighted by atomic mass is 10.0. The number of esters is 1. The number of benzene rings is 1. The van der Waals surface area contributed by atoms with Gasteiger partial charge in [-0.15, -0.1) is 11.3 Å². The van der Waals surface area contributed by atoms with Crippen LogP contribution in [0.1, 0.15) is 39.0 Å². The molecule has 3 aromatic rings. The first-order valence-electron chi connectivity index (χ1n) is 10.2. The lowest BCUT2D eigenvalue weighted by molar-refractivity contribution is -0.131. The van der Waals surface area contributed by atoms with Gasteiger partial charge in [-0.2, -0.15) is 0 Å². The lowest BCUT2D eigenvalue weighted by Crippen LogP contribution is -2.33. The second-order valence-electron chi connectivity index (χ2n) is 7.66. The standard InChI is InChI=1S/C22H24ClN3O7S2/c1-11-9-12(2)19(32-15(5)27)13(3)18(11)24-21(28)20-16(7-8-34-20)35(29,30)26(10-31-6)22-17(23)14(4)25-33-22/h7-9H,10H2,1-6H3,(H,24,28). The van der Waals surface area contributed by atoms with Crippen molar-refractivity contribution < 1.29 is 32.0 Å². The van der Waals surface area contributed by atoms with Gasteiger partial charge in [0.15, 0.2) is 0 Å². The maximum atomic E-state index is 13.5. The number of aromatic nitrogens is 1. The summed E-state index contributed by atoms with van der Waals surface area (Å²) in [6.07, 6.45) is 0. The number of rotatable bonds is 8. The van der Waals surface area contributed by atoms with E-state index in [2.05, 4.69) is 10.5 Å². The second kappa shape index (κ2) is 10.4. The van der Waals surface area contributed by atoms with Gasteiger partial charge in [0.1, 0.15) is 33.0 Å². The van der Waals surface area contributed by atoms with Crippen LogP contribution in [-0.4, -0.2) is 39.3 Å². The molecular weight excluding hydrogens is 518 g/mol. The van der Waals surface area contributed by atoms with Gasteiger partial charge < -0.3 is 19.3 Å². The highest BCUT2D eigenvalue weighted by atomic mass is 35.5. The van der Waals surface area contributed by atoms with Gasteiger partial charge in [-0.3, -0.25) is 9.59 Å². The molecule has 0 aliphatic carbocycles. The Morgan fingerprint density at radius 1 is 1.23 bits per heavy atom. The van der Waals surface area contributed by atoms with Crippen LogP contribution in [0.25, 0.3) is 0 Å². The average molecular weight is 542 g/mol. The first-order valence-corrected chi connectivity index (χ1v) is 12.9. The molecule has 13 heteroatoms. The largest absolute Gasteiger partial charge is 0.426 e. The van der Waals surface area contributed by atoms with Crippen molar-refractivity contribution in [2.45, 2.75) is 39.5 Å². The molecule has 0 saturated carbocycles. The molecule has 1 amide bonds. The Morgan fingerprint density at radius 3 is 2.49 bits per heavy atom. The van der Waals surface area contributed by atoms with Crippen LogP contribution < -0.4 is 14.4 Å². The highest BCUT2D eigenvalue weighted by Crippen LogP contribution is 2.36.